The second kappa shape index (κ2) is 5.43. The van der Waals surface area contributed by atoms with Crippen LogP contribution < -0.4 is 5.32 Å². The first-order valence-electron chi connectivity index (χ1n) is 6.25. The molecule has 0 aliphatic carbocycles. The number of carbonyl (C=O) groups is 1. The molecular formula is C14H18N2OS2. The molecule has 2 heterocycles. The van der Waals surface area contributed by atoms with Crippen molar-refractivity contribution < 1.29 is 4.79 Å². The van der Waals surface area contributed by atoms with Crippen molar-refractivity contribution in [2.24, 2.45) is 0 Å². The Morgan fingerprint density at radius 2 is 2.05 bits per heavy atom. The van der Waals surface area contributed by atoms with Crippen molar-refractivity contribution in [3.05, 3.63) is 33.0 Å². The van der Waals surface area contributed by atoms with Crippen LogP contribution in [0.15, 0.2) is 16.8 Å². The van der Waals surface area contributed by atoms with Crippen LogP contribution in [0.1, 0.15) is 48.6 Å². The van der Waals surface area contributed by atoms with E-state index < -0.39 is 0 Å². The van der Waals surface area contributed by atoms with Gasteiger partial charge in [0.05, 0.1) is 11.3 Å². The molecule has 0 aromatic carbocycles. The summed E-state index contributed by atoms with van der Waals surface area (Å²) in [5.41, 5.74) is 1.73. The first kappa shape index (κ1) is 14.2. The van der Waals surface area contributed by atoms with Crippen molar-refractivity contribution in [1.82, 2.24) is 4.98 Å². The minimum absolute atomic E-state index is 0.0111. The summed E-state index contributed by atoms with van der Waals surface area (Å²) in [5.74, 6) is -0.0780. The minimum Gasteiger partial charge on any atom is -0.298 e. The third-order valence-electron chi connectivity index (χ3n) is 2.76. The normalized spacial score (nSPS) is 11.6. The number of nitrogens with one attached hydrogen (secondary N) is 1. The number of hydrogen-bond acceptors (Lipinski definition) is 4. The van der Waals surface area contributed by atoms with Crippen molar-refractivity contribution in [2.45, 2.75) is 39.5 Å². The van der Waals surface area contributed by atoms with E-state index in [1.165, 1.54) is 16.2 Å². The quantitative estimate of drug-likeness (QED) is 0.916. The van der Waals surface area contributed by atoms with Crippen molar-refractivity contribution >= 4 is 33.7 Å². The van der Waals surface area contributed by atoms with Gasteiger partial charge in [0.2, 0.25) is 0 Å². The van der Waals surface area contributed by atoms with Crippen molar-refractivity contribution in [3.8, 4) is 0 Å². The topological polar surface area (TPSA) is 42.0 Å². The molecule has 2 aromatic heterocycles. The van der Waals surface area contributed by atoms with E-state index in [1.807, 2.05) is 16.8 Å². The molecule has 0 unspecified atom stereocenters. The van der Waals surface area contributed by atoms with E-state index in [-0.39, 0.29) is 11.3 Å². The van der Waals surface area contributed by atoms with Gasteiger partial charge < -0.3 is 0 Å². The van der Waals surface area contributed by atoms with E-state index in [9.17, 15) is 4.79 Å². The van der Waals surface area contributed by atoms with E-state index in [1.54, 1.807) is 11.3 Å². The summed E-state index contributed by atoms with van der Waals surface area (Å²) in [6.45, 7) is 8.42. The van der Waals surface area contributed by atoms with Gasteiger partial charge in [0, 0.05) is 21.1 Å². The SMILES string of the molecule is CCc1cc(C(=O)Nc2nc(C(C)(C)C)cs2)cs1. The predicted molar refractivity (Wildman–Crippen MR) is 82.5 cm³/mol. The fraction of sp³-hybridized carbons (Fsp3) is 0.429. The van der Waals surface area contributed by atoms with Crippen LogP contribution in [0, 0.1) is 0 Å². The molecule has 0 spiro atoms. The Morgan fingerprint density at radius 3 is 2.58 bits per heavy atom. The number of aromatic nitrogens is 1. The van der Waals surface area contributed by atoms with Gasteiger partial charge in [0.1, 0.15) is 0 Å². The number of anilines is 1. The number of thiazole rings is 1. The van der Waals surface area contributed by atoms with Crippen LogP contribution in [0.25, 0.3) is 0 Å². The van der Waals surface area contributed by atoms with Gasteiger partial charge in [-0.15, -0.1) is 22.7 Å². The Kier molecular flexibility index (Phi) is 4.06. The smallest absolute Gasteiger partial charge is 0.258 e. The number of nitrogens with zero attached hydrogens (tertiary/aromatic N) is 1. The van der Waals surface area contributed by atoms with E-state index in [0.717, 1.165) is 12.1 Å². The highest BCUT2D eigenvalue weighted by Crippen LogP contribution is 2.26. The maximum absolute atomic E-state index is 12.1. The Morgan fingerprint density at radius 1 is 1.32 bits per heavy atom. The number of hydrogen-bond donors (Lipinski definition) is 1. The molecule has 19 heavy (non-hydrogen) atoms. The average Bonchev–Trinajstić information content (AvgIpc) is 2.95. The molecule has 0 radical (unpaired) electrons. The van der Waals surface area contributed by atoms with E-state index in [0.29, 0.717) is 10.7 Å². The maximum Gasteiger partial charge on any atom is 0.258 e. The molecular weight excluding hydrogens is 276 g/mol. The van der Waals surface area contributed by atoms with Crippen LogP contribution in [-0.2, 0) is 11.8 Å². The highest BCUT2D eigenvalue weighted by Gasteiger charge is 2.18. The summed E-state index contributed by atoms with van der Waals surface area (Å²) in [6, 6.07) is 1.94. The number of amides is 1. The third-order valence-corrected chi connectivity index (χ3v) is 4.60. The van der Waals surface area contributed by atoms with Crippen LogP contribution in [0.3, 0.4) is 0 Å². The molecule has 0 atom stereocenters. The van der Waals surface area contributed by atoms with Crippen LogP contribution in [-0.4, -0.2) is 10.9 Å². The Hall–Kier alpha value is -1.20. The maximum atomic E-state index is 12.1. The van der Waals surface area contributed by atoms with Gasteiger partial charge >= 0.3 is 0 Å². The van der Waals surface area contributed by atoms with Crippen LogP contribution in [0.2, 0.25) is 0 Å². The lowest BCUT2D eigenvalue weighted by Gasteiger charge is -2.14. The predicted octanol–water partition coefficient (Wildman–Crippen LogP) is 4.32. The Labute approximate surface area is 121 Å². The van der Waals surface area contributed by atoms with Crippen LogP contribution >= 0.6 is 22.7 Å². The number of carbonyl (C=O) groups excluding carboxylic acids is 1. The van der Waals surface area contributed by atoms with E-state index >= 15 is 0 Å². The standard InChI is InChI=1S/C14H18N2OS2/c1-5-10-6-9(7-18-10)12(17)16-13-15-11(8-19-13)14(2,3)4/h6-8H,5H2,1-4H3,(H,15,16,17). The largest absolute Gasteiger partial charge is 0.298 e. The van der Waals surface area contributed by atoms with Gasteiger partial charge in [-0.3, -0.25) is 10.1 Å². The summed E-state index contributed by atoms with van der Waals surface area (Å²) in [4.78, 5) is 17.8. The molecule has 0 bridgehead atoms. The molecule has 0 fully saturated rings. The minimum atomic E-state index is -0.0780. The molecule has 1 amide bonds. The van der Waals surface area contributed by atoms with Gasteiger partial charge in [0.25, 0.3) is 5.91 Å². The van der Waals surface area contributed by atoms with Gasteiger partial charge in [-0.25, -0.2) is 4.98 Å². The molecule has 0 saturated heterocycles. The summed E-state index contributed by atoms with van der Waals surface area (Å²) < 4.78 is 0. The first-order valence-corrected chi connectivity index (χ1v) is 8.01. The molecule has 0 saturated carbocycles. The highest BCUT2D eigenvalue weighted by atomic mass is 32.1. The summed E-state index contributed by atoms with van der Waals surface area (Å²) in [6.07, 6.45) is 0.962. The zero-order chi connectivity index (χ0) is 14.0. The van der Waals surface area contributed by atoms with E-state index in [4.69, 9.17) is 0 Å². The van der Waals surface area contributed by atoms with Gasteiger partial charge in [-0.2, -0.15) is 0 Å². The van der Waals surface area contributed by atoms with Gasteiger partial charge in [-0.05, 0) is 12.5 Å². The van der Waals surface area contributed by atoms with Crippen molar-refractivity contribution in [1.29, 1.82) is 0 Å². The van der Waals surface area contributed by atoms with E-state index in [2.05, 4.69) is 38.0 Å². The monoisotopic (exact) mass is 294 g/mol. The molecule has 2 rings (SSSR count). The molecule has 0 aliphatic rings. The first-order chi connectivity index (χ1) is 8.90. The van der Waals surface area contributed by atoms with Gasteiger partial charge in [0.15, 0.2) is 5.13 Å². The zero-order valence-corrected chi connectivity index (χ0v) is 13.2. The summed E-state index contributed by atoms with van der Waals surface area (Å²) in [7, 11) is 0. The fourth-order valence-electron chi connectivity index (χ4n) is 1.53. The van der Waals surface area contributed by atoms with Gasteiger partial charge in [-0.1, -0.05) is 27.7 Å². The Balaban J connectivity index is 2.09. The number of thiophene rings is 1. The average molecular weight is 294 g/mol. The number of aryl methyl sites for hydroxylation is 1. The lowest BCUT2D eigenvalue weighted by molar-refractivity contribution is 0.102. The number of rotatable bonds is 3. The third kappa shape index (κ3) is 3.42. The molecule has 2 aromatic rings. The fourth-order valence-corrected chi connectivity index (χ4v) is 3.28. The lowest BCUT2D eigenvalue weighted by Crippen LogP contribution is -2.13. The summed E-state index contributed by atoms with van der Waals surface area (Å²) in [5, 5.41) is 7.43. The van der Waals surface area contributed by atoms with Crippen LogP contribution in [0.5, 0.6) is 0 Å². The molecule has 0 aliphatic heterocycles. The van der Waals surface area contributed by atoms with Crippen LogP contribution in [0.4, 0.5) is 5.13 Å². The molecule has 102 valence electrons. The molecule has 1 N–H and O–H groups in total. The van der Waals surface area contributed by atoms with Crippen molar-refractivity contribution in [2.75, 3.05) is 5.32 Å². The Bertz CT molecular complexity index is 578. The second-order valence-electron chi connectivity index (χ2n) is 5.40. The summed E-state index contributed by atoms with van der Waals surface area (Å²) >= 11 is 3.09. The molecule has 3 nitrogen and oxygen atoms in total. The zero-order valence-electron chi connectivity index (χ0n) is 11.6. The van der Waals surface area contributed by atoms with Crippen molar-refractivity contribution in [3.63, 3.8) is 0 Å². The molecule has 5 heteroatoms. The highest BCUT2D eigenvalue weighted by molar-refractivity contribution is 7.14. The second-order valence-corrected chi connectivity index (χ2v) is 7.25. The lowest BCUT2D eigenvalue weighted by atomic mass is 9.93.